The van der Waals surface area contributed by atoms with Crippen molar-refractivity contribution in [1.29, 1.82) is 0 Å². The van der Waals surface area contributed by atoms with E-state index in [0.29, 0.717) is 47.4 Å². The zero-order valence-corrected chi connectivity index (χ0v) is 21.4. The quantitative estimate of drug-likeness (QED) is 0.494. The van der Waals surface area contributed by atoms with E-state index >= 15 is 0 Å². The fourth-order valence-corrected chi connectivity index (χ4v) is 6.89. The molecule has 1 saturated carbocycles. The SMILES string of the molecule is CC(C)(C)C(=O)N(c1ccc(C2(S(=O)(=O)c3ccc(Cl)cc3)CCOCC2)cc1Cl)C1CC1. The first-order chi connectivity index (χ1) is 15.5. The third kappa shape index (κ3) is 4.55. The Labute approximate surface area is 205 Å². The minimum Gasteiger partial charge on any atom is -0.381 e. The molecule has 5 nitrogen and oxygen atoms in total. The summed E-state index contributed by atoms with van der Waals surface area (Å²) in [6, 6.07) is 11.7. The van der Waals surface area contributed by atoms with Crippen molar-refractivity contribution in [3.63, 3.8) is 0 Å². The summed E-state index contributed by atoms with van der Waals surface area (Å²) in [7, 11) is -3.76. The van der Waals surface area contributed by atoms with Crippen LogP contribution in [0.3, 0.4) is 0 Å². The van der Waals surface area contributed by atoms with Crippen LogP contribution in [0.15, 0.2) is 47.4 Å². The summed E-state index contributed by atoms with van der Waals surface area (Å²) in [6.45, 7) is 6.35. The molecule has 1 saturated heterocycles. The Hall–Kier alpha value is -1.60. The van der Waals surface area contributed by atoms with E-state index in [-0.39, 0.29) is 16.8 Å². The predicted octanol–water partition coefficient (Wildman–Crippen LogP) is 6.01. The second-order valence-corrected chi connectivity index (χ2v) is 13.0. The van der Waals surface area contributed by atoms with Gasteiger partial charge >= 0.3 is 0 Å². The standard InChI is InChI=1S/C25H29Cl2NO4S/c1-24(2,3)23(29)28(19-7-8-19)22-11-4-17(16-21(22)27)25(12-14-32-15-13-25)33(30,31)20-9-5-18(26)6-10-20/h4-6,9-11,16,19H,7-8,12-15H2,1-3H3. The Morgan fingerprint density at radius 3 is 2.15 bits per heavy atom. The fraction of sp³-hybridized carbons (Fsp3) is 0.480. The van der Waals surface area contributed by atoms with Gasteiger partial charge in [-0.1, -0.05) is 50.0 Å². The lowest BCUT2D eigenvalue weighted by atomic mass is 9.90. The number of carbonyl (C=O) groups is 1. The molecule has 1 aliphatic heterocycles. The molecule has 178 valence electrons. The third-order valence-electron chi connectivity index (χ3n) is 6.44. The molecule has 2 aromatic rings. The Kier molecular flexibility index (Phi) is 6.60. The highest BCUT2D eigenvalue weighted by Crippen LogP contribution is 2.46. The van der Waals surface area contributed by atoms with E-state index in [4.69, 9.17) is 27.9 Å². The second-order valence-electron chi connectivity index (χ2n) is 9.89. The monoisotopic (exact) mass is 509 g/mol. The molecule has 2 fully saturated rings. The van der Waals surface area contributed by atoms with Crippen molar-refractivity contribution in [3.8, 4) is 0 Å². The number of hydrogen-bond acceptors (Lipinski definition) is 4. The van der Waals surface area contributed by atoms with Crippen LogP contribution in [0.5, 0.6) is 0 Å². The number of sulfone groups is 1. The molecular formula is C25H29Cl2NO4S. The van der Waals surface area contributed by atoms with E-state index in [1.165, 1.54) is 0 Å². The normalized spacial score (nSPS) is 18.7. The number of amides is 1. The summed E-state index contributed by atoms with van der Waals surface area (Å²) in [5.41, 5.74) is 0.701. The van der Waals surface area contributed by atoms with Crippen LogP contribution >= 0.6 is 23.2 Å². The summed E-state index contributed by atoms with van der Waals surface area (Å²) in [5, 5.41) is 0.861. The predicted molar refractivity (Wildman–Crippen MR) is 132 cm³/mol. The third-order valence-corrected chi connectivity index (χ3v) is 9.56. The molecule has 0 unspecified atom stereocenters. The summed E-state index contributed by atoms with van der Waals surface area (Å²) >= 11 is 12.7. The Morgan fingerprint density at radius 1 is 1.03 bits per heavy atom. The molecule has 33 heavy (non-hydrogen) atoms. The van der Waals surface area contributed by atoms with Gasteiger partial charge in [-0.3, -0.25) is 4.79 Å². The van der Waals surface area contributed by atoms with Gasteiger partial charge in [0.2, 0.25) is 5.91 Å². The largest absolute Gasteiger partial charge is 0.381 e. The van der Waals surface area contributed by atoms with E-state index in [9.17, 15) is 13.2 Å². The van der Waals surface area contributed by atoms with Crippen LogP contribution in [0, 0.1) is 5.41 Å². The first-order valence-electron chi connectivity index (χ1n) is 11.2. The maximum Gasteiger partial charge on any atom is 0.232 e. The molecule has 8 heteroatoms. The lowest BCUT2D eigenvalue weighted by Gasteiger charge is -2.38. The van der Waals surface area contributed by atoms with Gasteiger partial charge in [-0.25, -0.2) is 8.42 Å². The van der Waals surface area contributed by atoms with Gasteiger partial charge in [-0.2, -0.15) is 0 Å². The molecule has 1 heterocycles. The molecule has 0 aromatic heterocycles. The van der Waals surface area contributed by atoms with Crippen molar-refractivity contribution in [2.24, 2.45) is 5.41 Å². The Morgan fingerprint density at radius 2 is 1.64 bits per heavy atom. The number of benzene rings is 2. The topological polar surface area (TPSA) is 63.7 Å². The van der Waals surface area contributed by atoms with Crippen LogP contribution in [0.4, 0.5) is 5.69 Å². The van der Waals surface area contributed by atoms with Crippen molar-refractivity contribution in [2.45, 2.75) is 62.1 Å². The van der Waals surface area contributed by atoms with Gasteiger partial charge < -0.3 is 9.64 Å². The average molecular weight is 510 g/mol. The highest BCUT2D eigenvalue weighted by molar-refractivity contribution is 7.92. The van der Waals surface area contributed by atoms with Gasteiger partial charge in [0.25, 0.3) is 0 Å². The second kappa shape index (κ2) is 8.88. The number of anilines is 1. The van der Waals surface area contributed by atoms with E-state index in [2.05, 4.69) is 0 Å². The summed E-state index contributed by atoms with van der Waals surface area (Å²) < 4.78 is 32.2. The van der Waals surface area contributed by atoms with E-state index < -0.39 is 20.0 Å². The highest BCUT2D eigenvalue weighted by Gasteiger charge is 2.48. The number of ether oxygens (including phenoxy) is 1. The van der Waals surface area contributed by atoms with Crippen LogP contribution in [0.2, 0.25) is 10.0 Å². The molecule has 2 aliphatic rings. The van der Waals surface area contributed by atoms with Gasteiger partial charge in [0.1, 0.15) is 4.75 Å². The minimum absolute atomic E-state index is 0.00853. The van der Waals surface area contributed by atoms with Crippen LogP contribution in [0.1, 0.15) is 52.0 Å². The summed E-state index contributed by atoms with van der Waals surface area (Å²) in [4.78, 5) is 15.2. The molecule has 4 rings (SSSR count). The zero-order chi connectivity index (χ0) is 24.0. The highest BCUT2D eigenvalue weighted by atomic mass is 35.5. The van der Waals surface area contributed by atoms with Crippen molar-refractivity contribution < 1.29 is 17.9 Å². The number of halogens is 2. The average Bonchev–Trinajstić information content (AvgIpc) is 3.60. The van der Waals surface area contributed by atoms with Crippen molar-refractivity contribution in [2.75, 3.05) is 18.1 Å². The number of hydrogen-bond donors (Lipinski definition) is 0. The Bertz CT molecular complexity index is 1150. The van der Waals surface area contributed by atoms with Crippen LogP contribution in [-0.4, -0.2) is 33.6 Å². The van der Waals surface area contributed by atoms with Gasteiger partial charge in [-0.05, 0) is 67.6 Å². The molecule has 1 amide bonds. The minimum atomic E-state index is -3.76. The smallest absolute Gasteiger partial charge is 0.232 e. The molecule has 0 atom stereocenters. The van der Waals surface area contributed by atoms with Gasteiger partial charge in [0.15, 0.2) is 9.84 Å². The Balaban J connectivity index is 1.79. The lowest BCUT2D eigenvalue weighted by molar-refractivity contribution is -0.125. The molecule has 1 aliphatic carbocycles. The number of nitrogens with zero attached hydrogens (tertiary/aromatic N) is 1. The van der Waals surface area contributed by atoms with Gasteiger partial charge in [0.05, 0.1) is 15.6 Å². The molecule has 0 bridgehead atoms. The van der Waals surface area contributed by atoms with Crippen LogP contribution in [-0.2, 0) is 24.1 Å². The maximum absolute atomic E-state index is 13.9. The van der Waals surface area contributed by atoms with Crippen LogP contribution < -0.4 is 4.90 Å². The molecule has 2 aromatic carbocycles. The maximum atomic E-state index is 13.9. The molecule has 0 spiro atoms. The first kappa shape index (κ1) is 24.5. The van der Waals surface area contributed by atoms with E-state index in [1.54, 1.807) is 41.3 Å². The van der Waals surface area contributed by atoms with E-state index in [0.717, 1.165) is 12.8 Å². The molecular weight excluding hydrogens is 481 g/mol. The lowest BCUT2D eigenvalue weighted by Crippen LogP contribution is -2.42. The van der Waals surface area contributed by atoms with Gasteiger partial charge in [-0.15, -0.1) is 0 Å². The van der Waals surface area contributed by atoms with Crippen molar-refractivity contribution in [1.82, 2.24) is 0 Å². The first-order valence-corrected chi connectivity index (χ1v) is 13.4. The van der Waals surface area contributed by atoms with Gasteiger partial charge in [0, 0.05) is 29.7 Å². The zero-order valence-electron chi connectivity index (χ0n) is 19.1. The fourth-order valence-electron chi connectivity index (χ4n) is 4.40. The van der Waals surface area contributed by atoms with Crippen LogP contribution in [0.25, 0.3) is 0 Å². The summed E-state index contributed by atoms with van der Waals surface area (Å²) in [5.74, 6) is 0.00853. The van der Waals surface area contributed by atoms with Crippen molar-refractivity contribution >= 4 is 44.6 Å². The summed E-state index contributed by atoms with van der Waals surface area (Å²) in [6.07, 6.45) is 2.51. The number of carbonyl (C=O) groups excluding carboxylic acids is 1. The molecule has 0 radical (unpaired) electrons. The van der Waals surface area contributed by atoms with E-state index in [1.807, 2.05) is 26.8 Å². The molecule has 0 N–H and O–H groups in total. The van der Waals surface area contributed by atoms with Crippen molar-refractivity contribution in [3.05, 3.63) is 58.1 Å². The number of rotatable bonds is 5.